The summed E-state index contributed by atoms with van der Waals surface area (Å²) in [7, 11) is 0. The van der Waals surface area contributed by atoms with Crippen molar-refractivity contribution in [2.75, 3.05) is 6.61 Å². The van der Waals surface area contributed by atoms with Crippen LogP contribution in [0.15, 0.2) is 60.8 Å². The standard InChI is InChI=1S/C53H97NO3/c1-3-5-7-9-11-13-14-15-16-17-18-19-20-21-22-23-24-25-26-27-28-29-30-31-32-33-34-35-36-37-38-39-40-41-43-45-47-49-53(57)54-51(50-55)52(56)48-46-44-42-12-10-8-6-4-2/h5,7,11,13,15-16,18-19,46,48,51-52,55-56H,3-4,6,8-10,12,14,17,20-45,47,49-50H2,1-2H3,(H,54,57)/b7-5-,13-11-,16-15-,19-18-,48-46+. The van der Waals surface area contributed by atoms with E-state index in [1.54, 1.807) is 6.08 Å². The van der Waals surface area contributed by atoms with E-state index in [4.69, 9.17) is 0 Å². The summed E-state index contributed by atoms with van der Waals surface area (Å²) in [5, 5.41) is 22.9. The summed E-state index contributed by atoms with van der Waals surface area (Å²) in [5.41, 5.74) is 0. The highest BCUT2D eigenvalue weighted by Crippen LogP contribution is 2.16. The molecular weight excluding hydrogens is 699 g/mol. The van der Waals surface area contributed by atoms with E-state index < -0.39 is 12.1 Å². The van der Waals surface area contributed by atoms with E-state index in [1.165, 1.54) is 180 Å². The largest absolute Gasteiger partial charge is 0.394 e. The third-order valence-electron chi connectivity index (χ3n) is 11.3. The van der Waals surface area contributed by atoms with Crippen molar-refractivity contribution >= 4 is 5.91 Å². The van der Waals surface area contributed by atoms with Gasteiger partial charge in [-0.1, -0.05) is 248 Å². The van der Waals surface area contributed by atoms with E-state index in [-0.39, 0.29) is 12.5 Å². The molecule has 0 aliphatic heterocycles. The zero-order chi connectivity index (χ0) is 41.4. The second-order valence-electron chi connectivity index (χ2n) is 16.9. The van der Waals surface area contributed by atoms with Crippen molar-refractivity contribution in [2.24, 2.45) is 0 Å². The average Bonchev–Trinajstić information content (AvgIpc) is 3.22. The molecule has 3 N–H and O–H groups in total. The zero-order valence-corrected chi connectivity index (χ0v) is 38.1. The van der Waals surface area contributed by atoms with Crippen LogP contribution in [0.5, 0.6) is 0 Å². The smallest absolute Gasteiger partial charge is 0.220 e. The predicted molar refractivity (Wildman–Crippen MR) is 253 cm³/mol. The van der Waals surface area contributed by atoms with Crippen LogP contribution in [-0.2, 0) is 4.79 Å². The number of allylic oxidation sites excluding steroid dienone is 9. The summed E-state index contributed by atoms with van der Waals surface area (Å²) in [5.74, 6) is -0.0652. The Morgan fingerprint density at radius 2 is 0.772 bits per heavy atom. The highest BCUT2D eigenvalue weighted by molar-refractivity contribution is 5.76. The van der Waals surface area contributed by atoms with Gasteiger partial charge in [0, 0.05) is 6.42 Å². The van der Waals surface area contributed by atoms with Gasteiger partial charge in [-0.25, -0.2) is 0 Å². The molecular formula is C53H97NO3. The second kappa shape index (κ2) is 48.5. The number of rotatable bonds is 45. The third kappa shape index (κ3) is 45.0. The molecule has 0 aliphatic carbocycles. The summed E-state index contributed by atoms with van der Waals surface area (Å²) in [4.78, 5) is 12.3. The third-order valence-corrected chi connectivity index (χ3v) is 11.3. The molecule has 0 aromatic rings. The first-order chi connectivity index (χ1) is 28.2. The summed E-state index contributed by atoms with van der Waals surface area (Å²) in [6.07, 6.45) is 68.2. The maximum Gasteiger partial charge on any atom is 0.220 e. The van der Waals surface area contributed by atoms with Crippen LogP contribution in [0.25, 0.3) is 0 Å². The van der Waals surface area contributed by atoms with E-state index in [9.17, 15) is 15.0 Å². The number of nitrogens with one attached hydrogen (secondary N) is 1. The number of hydrogen-bond donors (Lipinski definition) is 3. The molecule has 2 unspecified atom stereocenters. The van der Waals surface area contributed by atoms with Gasteiger partial charge in [0.2, 0.25) is 5.91 Å². The number of aliphatic hydroxyl groups is 2. The zero-order valence-electron chi connectivity index (χ0n) is 38.1. The monoisotopic (exact) mass is 796 g/mol. The van der Waals surface area contributed by atoms with Crippen LogP contribution in [-0.4, -0.2) is 34.9 Å². The predicted octanol–water partition coefficient (Wildman–Crippen LogP) is 16.1. The first kappa shape index (κ1) is 55.1. The Morgan fingerprint density at radius 3 is 1.16 bits per heavy atom. The summed E-state index contributed by atoms with van der Waals surface area (Å²) in [6, 6.07) is -0.618. The van der Waals surface area contributed by atoms with Gasteiger partial charge in [-0.15, -0.1) is 0 Å². The molecule has 0 rings (SSSR count). The van der Waals surface area contributed by atoms with Gasteiger partial charge in [0.1, 0.15) is 0 Å². The molecule has 0 saturated heterocycles. The Bertz CT molecular complexity index is 950. The molecule has 4 nitrogen and oxygen atoms in total. The van der Waals surface area contributed by atoms with E-state index in [1.807, 2.05) is 6.08 Å². The SMILES string of the molecule is CC/C=C\C/C=C\C/C=C\C/C=C\CCCCCCCCCCCCCCCCCCCCCCCCCCC(=O)NC(CO)C(O)/C=C/CCCCCCCC. The van der Waals surface area contributed by atoms with Crippen LogP contribution in [0, 0.1) is 0 Å². The number of amides is 1. The first-order valence-corrected chi connectivity index (χ1v) is 25.0. The van der Waals surface area contributed by atoms with Gasteiger partial charge in [-0.3, -0.25) is 4.79 Å². The van der Waals surface area contributed by atoms with Crippen molar-refractivity contribution in [3.63, 3.8) is 0 Å². The van der Waals surface area contributed by atoms with Gasteiger partial charge in [0.15, 0.2) is 0 Å². The molecule has 0 spiro atoms. The minimum atomic E-state index is -0.835. The van der Waals surface area contributed by atoms with Crippen LogP contribution in [0.2, 0.25) is 0 Å². The van der Waals surface area contributed by atoms with Gasteiger partial charge in [-0.05, 0) is 57.8 Å². The Hall–Kier alpha value is -1.91. The fraction of sp³-hybridized carbons (Fsp3) is 0.792. The fourth-order valence-electron chi connectivity index (χ4n) is 7.46. The van der Waals surface area contributed by atoms with Crippen LogP contribution in [0.4, 0.5) is 0 Å². The van der Waals surface area contributed by atoms with Gasteiger partial charge in [-0.2, -0.15) is 0 Å². The van der Waals surface area contributed by atoms with E-state index >= 15 is 0 Å². The van der Waals surface area contributed by atoms with Gasteiger partial charge in [0.25, 0.3) is 0 Å². The van der Waals surface area contributed by atoms with Gasteiger partial charge >= 0.3 is 0 Å². The van der Waals surface area contributed by atoms with Crippen LogP contribution < -0.4 is 5.32 Å². The Labute approximate surface area is 356 Å². The molecule has 0 aromatic heterocycles. The van der Waals surface area contributed by atoms with E-state index in [0.717, 1.165) is 51.4 Å². The minimum Gasteiger partial charge on any atom is -0.394 e. The molecule has 0 radical (unpaired) electrons. The highest BCUT2D eigenvalue weighted by Gasteiger charge is 2.18. The highest BCUT2D eigenvalue weighted by atomic mass is 16.3. The Morgan fingerprint density at radius 1 is 0.439 bits per heavy atom. The Kier molecular flexibility index (Phi) is 46.8. The molecule has 0 aliphatic rings. The maximum absolute atomic E-state index is 12.3. The summed E-state index contributed by atoms with van der Waals surface area (Å²) in [6.45, 7) is 4.16. The summed E-state index contributed by atoms with van der Waals surface area (Å²) < 4.78 is 0. The first-order valence-electron chi connectivity index (χ1n) is 25.0. The van der Waals surface area contributed by atoms with Crippen molar-refractivity contribution < 1.29 is 15.0 Å². The molecule has 0 bridgehead atoms. The van der Waals surface area contributed by atoms with Crippen LogP contribution in [0.3, 0.4) is 0 Å². The molecule has 57 heavy (non-hydrogen) atoms. The van der Waals surface area contributed by atoms with Crippen molar-refractivity contribution in [2.45, 2.75) is 264 Å². The maximum atomic E-state index is 12.3. The number of aliphatic hydroxyl groups excluding tert-OH is 2. The number of hydrogen-bond acceptors (Lipinski definition) is 3. The van der Waals surface area contributed by atoms with Crippen molar-refractivity contribution in [1.82, 2.24) is 5.32 Å². The van der Waals surface area contributed by atoms with Crippen molar-refractivity contribution in [1.29, 1.82) is 0 Å². The van der Waals surface area contributed by atoms with Crippen LogP contribution in [0.1, 0.15) is 251 Å². The fourth-order valence-corrected chi connectivity index (χ4v) is 7.46. The van der Waals surface area contributed by atoms with Gasteiger partial charge in [0.05, 0.1) is 18.8 Å². The normalized spacial score (nSPS) is 13.4. The summed E-state index contributed by atoms with van der Waals surface area (Å²) >= 11 is 0. The average molecular weight is 796 g/mol. The van der Waals surface area contributed by atoms with Crippen molar-refractivity contribution in [3.05, 3.63) is 60.8 Å². The molecule has 0 aromatic carbocycles. The number of carbonyl (C=O) groups is 1. The molecule has 1 amide bonds. The number of carbonyl (C=O) groups excluding carboxylic acids is 1. The lowest BCUT2D eigenvalue weighted by atomic mass is 10.0. The molecule has 4 heteroatoms. The lowest BCUT2D eigenvalue weighted by Crippen LogP contribution is -2.45. The lowest BCUT2D eigenvalue weighted by Gasteiger charge is -2.20. The second-order valence-corrected chi connectivity index (χ2v) is 16.9. The molecule has 0 fully saturated rings. The Balaban J connectivity index is 3.37. The van der Waals surface area contributed by atoms with Crippen LogP contribution >= 0.6 is 0 Å². The minimum absolute atomic E-state index is 0.0652. The molecule has 332 valence electrons. The topological polar surface area (TPSA) is 69.6 Å². The quantitative estimate of drug-likeness (QED) is 0.0425. The van der Waals surface area contributed by atoms with Crippen molar-refractivity contribution in [3.8, 4) is 0 Å². The molecule has 2 atom stereocenters. The number of unbranched alkanes of at least 4 members (excludes halogenated alkanes) is 30. The lowest BCUT2D eigenvalue weighted by molar-refractivity contribution is -0.123. The van der Waals surface area contributed by atoms with Gasteiger partial charge < -0.3 is 15.5 Å². The van der Waals surface area contributed by atoms with E-state index in [2.05, 4.69) is 67.8 Å². The molecule has 0 saturated carbocycles. The molecule has 0 heterocycles. The van der Waals surface area contributed by atoms with E-state index in [0.29, 0.717) is 6.42 Å².